The molecular formula is C17H10N4O3S2. The van der Waals surface area contributed by atoms with E-state index in [1.54, 1.807) is 42.5 Å². The molecule has 4 rings (SSSR count). The Bertz CT molecular complexity index is 1220. The third kappa shape index (κ3) is 3.30. The summed E-state index contributed by atoms with van der Waals surface area (Å²) in [7, 11) is 0. The molecule has 1 amide bonds. The molecule has 0 unspecified atom stereocenters. The third-order valence-corrected chi connectivity index (χ3v) is 4.38. The lowest BCUT2D eigenvalue weighted by atomic mass is 10.2. The number of thiocarbonyl (C=S) groups is 1. The number of amides is 1. The highest BCUT2D eigenvalue weighted by atomic mass is 32.1. The van der Waals surface area contributed by atoms with Crippen LogP contribution in [0, 0.1) is 0 Å². The van der Waals surface area contributed by atoms with Crippen LogP contribution in [-0.4, -0.2) is 19.8 Å². The number of carbonyl (C=O) groups is 1. The van der Waals surface area contributed by atoms with Crippen molar-refractivity contribution in [2.45, 2.75) is 0 Å². The van der Waals surface area contributed by atoms with Gasteiger partial charge < -0.3 is 9.73 Å². The molecule has 0 spiro atoms. The summed E-state index contributed by atoms with van der Waals surface area (Å²) in [4.78, 5) is 23.5. The molecular weight excluding hydrogens is 372 g/mol. The van der Waals surface area contributed by atoms with Crippen LogP contribution in [0.4, 0.5) is 5.69 Å². The number of hydrogen-bond acceptors (Lipinski definition) is 7. The molecule has 0 saturated heterocycles. The van der Waals surface area contributed by atoms with Crippen LogP contribution in [0.1, 0.15) is 10.4 Å². The van der Waals surface area contributed by atoms with Crippen LogP contribution in [0.25, 0.3) is 22.0 Å². The lowest BCUT2D eigenvalue weighted by Crippen LogP contribution is -2.34. The van der Waals surface area contributed by atoms with E-state index in [4.69, 9.17) is 16.6 Å². The van der Waals surface area contributed by atoms with Gasteiger partial charge in [0.05, 0.1) is 11.7 Å². The number of anilines is 1. The van der Waals surface area contributed by atoms with Gasteiger partial charge in [0.1, 0.15) is 16.6 Å². The minimum atomic E-state index is -0.409. The predicted molar refractivity (Wildman–Crippen MR) is 104 cm³/mol. The highest BCUT2D eigenvalue weighted by Crippen LogP contribution is 2.18. The molecule has 26 heavy (non-hydrogen) atoms. The zero-order valence-corrected chi connectivity index (χ0v) is 14.7. The van der Waals surface area contributed by atoms with Crippen LogP contribution in [0.2, 0.25) is 0 Å². The molecule has 2 heterocycles. The highest BCUT2D eigenvalue weighted by Gasteiger charge is 2.10. The van der Waals surface area contributed by atoms with Gasteiger partial charge in [0.15, 0.2) is 5.11 Å². The molecule has 4 aromatic rings. The molecule has 0 bridgehead atoms. The summed E-state index contributed by atoms with van der Waals surface area (Å²) in [6.45, 7) is 0. The SMILES string of the molecule is O=C(NC(=S)Nc1ccc2oc(=O)ccc2c1)c1ccc2nsnc2c1. The van der Waals surface area contributed by atoms with Crippen molar-refractivity contribution in [1.82, 2.24) is 14.1 Å². The van der Waals surface area contributed by atoms with E-state index in [0.29, 0.717) is 22.4 Å². The number of carbonyl (C=O) groups excluding carboxylic acids is 1. The van der Waals surface area contributed by atoms with Crippen LogP contribution < -0.4 is 16.3 Å². The molecule has 0 saturated carbocycles. The summed E-state index contributed by atoms with van der Waals surface area (Å²) >= 11 is 6.29. The predicted octanol–water partition coefficient (Wildman–Crippen LogP) is 2.92. The van der Waals surface area contributed by atoms with Crippen molar-refractivity contribution in [3.05, 3.63) is 64.5 Å². The van der Waals surface area contributed by atoms with E-state index in [2.05, 4.69) is 19.4 Å². The largest absolute Gasteiger partial charge is 0.423 e. The van der Waals surface area contributed by atoms with E-state index in [-0.39, 0.29) is 11.0 Å². The van der Waals surface area contributed by atoms with Gasteiger partial charge >= 0.3 is 5.63 Å². The maximum absolute atomic E-state index is 12.3. The standard InChI is InChI=1S/C17H10N4O3S2/c22-15-6-2-9-7-11(3-5-14(9)24-15)18-17(25)19-16(23)10-1-4-12-13(8-10)21-26-20-12/h1-8H,(H2,18,19,23,25). The number of benzene rings is 2. The van der Waals surface area contributed by atoms with Crippen molar-refractivity contribution in [1.29, 1.82) is 0 Å². The number of nitrogens with zero attached hydrogens (tertiary/aromatic N) is 2. The van der Waals surface area contributed by atoms with Gasteiger partial charge in [0, 0.05) is 22.7 Å². The molecule has 0 aliphatic heterocycles. The Morgan fingerprint density at radius 2 is 1.88 bits per heavy atom. The first-order valence-electron chi connectivity index (χ1n) is 7.47. The average molecular weight is 382 g/mol. The zero-order valence-electron chi connectivity index (χ0n) is 13.1. The summed E-state index contributed by atoms with van der Waals surface area (Å²) in [6.07, 6.45) is 0. The van der Waals surface area contributed by atoms with Gasteiger partial charge in [-0.1, -0.05) is 0 Å². The monoisotopic (exact) mass is 382 g/mol. The van der Waals surface area contributed by atoms with Crippen LogP contribution in [0.5, 0.6) is 0 Å². The number of rotatable bonds is 2. The minimum absolute atomic E-state index is 0.156. The molecule has 7 nitrogen and oxygen atoms in total. The van der Waals surface area contributed by atoms with E-state index >= 15 is 0 Å². The van der Waals surface area contributed by atoms with E-state index in [1.165, 1.54) is 6.07 Å². The maximum atomic E-state index is 12.3. The van der Waals surface area contributed by atoms with Crippen LogP contribution in [0.15, 0.2) is 57.7 Å². The van der Waals surface area contributed by atoms with Crippen molar-refractivity contribution in [3.8, 4) is 0 Å². The topological polar surface area (TPSA) is 97.1 Å². The fourth-order valence-corrected chi connectivity index (χ4v) is 3.14. The second kappa shape index (κ2) is 6.62. The number of nitrogens with one attached hydrogen (secondary N) is 2. The first-order chi connectivity index (χ1) is 12.6. The summed E-state index contributed by atoms with van der Waals surface area (Å²) in [6, 6.07) is 13.2. The summed E-state index contributed by atoms with van der Waals surface area (Å²) < 4.78 is 13.3. The van der Waals surface area contributed by atoms with Gasteiger partial charge in [-0.25, -0.2) is 4.79 Å². The lowest BCUT2D eigenvalue weighted by molar-refractivity contribution is 0.0978. The molecule has 2 N–H and O–H groups in total. The van der Waals surface area contributed by atoms with Gasteiger partial charge in [0.2, 0.25) is 0 Å². The van der Waals surface area contributed by atoms with Gasteiger partial charge in [-0.3, -0.25) is 10.1 Å². The Labute approximate surface area is 156 Å². The van der Waals surface area contributed by atoms with E-state index < -0.39 is 5.63 Å². The van der Waals surface area contributed by atoms with Gasteiger partial charge in [-0.2, -0.15) is 8.75 Å². The third-order valence-electron chi connectivity index (χ3n) is 3.62. The van der Waals surface area contributed by atoms with Crippen molar-refractivity contribution in [2.24, 2.45) is 0 Å². The minimum Gasteiger partial charge on any atom is -0.423 e. The zero-order chi connectivity index (χ0) is 18.1. The van der Waals surface area contributed by atoms with Crippen molar-refractivity contribution < 1.29 is 9.21 Å². The first-order valence-corrected chi connectivity index (χ1v) is 8.61. The van der Waals surface area contributed by atoms with Gasteiger partial charge in [-0.05, 0) is 54.7 Å². The fourth-order valence-electron chi connectivity index (χ4n) is 2.41. The average Bonchev–Trinajstić information content (AvgIpc) is 3.09. The number of aromatic nitrogens is 2. The van der Waals surface area contributed by atoms with E-state index in [9.17, 15) is 9.59 Å². The normalized spacial score (nSPS) is 10.8. The summed E-state index contributed by atoms with van der Waals surface area (Å²) in [5.41, 5.74) is 2.58. The summed E-state index contributed by atoms with van der Waals surface area (Å²) in [5, 5.41) is 6.45. The Balaban J connectivity index is 1.48. The quantitative estimate of drug-likeness (QED) is 0.406. The van der Waals surface area contributed by atoms with Crippen LogP contribution in [0.3, 0.4) is 0 Å². The Hall–Kier alpha value is -3.17. The second-order valence-corrected chi connectivity index (χ2v) is 6.32. The molecule has 0 aliphatic rings. The molecule has 0 atom stereocenters. The van der Waals surface area contributed by atoms with E-state index in [1.807, 2.05) is 0 Å². The number of fused-ring (bicyclic) bond motifs is 2. The molecule has 0 aliphatic carbocycles. The Morgan fingerprint density at radius 1 is 1.04 bits per heavy atom. The van der Waals surface area contributed by atoms with Gasteiger partial charge in [0.25, 0.3) is 5.91 Å². The smallest absolute Gasteiger partial charge is 0.336 e. The molecule has 128 valence electrons. The molecule has 0 fully saturated rings. The van der Waals surface area contributed by atoms with Crippen LogP contribution >= 0.6 is 23.9 Å². The van der Waals surface area contributed by atoms with Gasteiger partial charge in [-0.15, -0.1) is 0 Å². The molecule has 9 heteroatoms. The highest BCUT2D eigenvalue weighted by molar-refractivity contribution is 7.80. The Kier molecular flexibility index (Phi) is 4.15. The van der Waals surface area contributed by atoms with Crippen molar-refractivity contribution in [2.75, 3.05) is 5.32 Å². The van der Waals surface area contributed by atoms with Crippen molar-refractivity contribution in [3.63, 3.8) is 0 Å². The van der Waals surface area contributed by atoms with Crippen molar-refractivity contribution >= 4 is 62.7 Å². The lowest BCUT2D eigenvalue weighted by Gasteiger charge is -2.10. The maximum Gasteiger partial charge on any atom is 0.336 e. The fraction of sp³-hybridized carbons (Fsp3) is 0. The second-order valence-electron chi connectivity index (χ2n) is 5.38. The first kappa shape index (κ1) is 16.3. The van der Waals surface area contributed by atoms with Crippen LogP contribution in [-0.2, 0) is 0 Å². The molecule has 2 aromatic heterocycles. The summed E-state index contributed by atoms with van der Waals surface area (Å²) in [5.74, 6) is -0.343. The number of hydrogen-bond donors (Lipinski definition) is 2. The molecule has 2 aromatic carbocycles. The Morgan fingerprint density at radius 3 is 2.77 bits per heavy atom. The molecule has 0 radical (unpaired) electrons. The van der Waals surface area contributed by atoms with E-state index in [0.717, 1.165) is 22.6 Å².